The Balaban J connectivity index is 2.23. The van der Waals surface area contributed by atoms with Crippen LogP contribution in [0.25, 0.3) is 0 Å². The molecule has 21 heavy (non-hydrogen) atoms. The number of nitrogen functional groups attached to an aromatic ring is 1. The molecule has 0 saturated carbocycles. The number of hydrogen-bond donors (Lipinski definition) is 2. The number of nitrogens with one attached hydrogen (secondary N) is 1. The second-order valence-electron chi connectivity index (χ2n) is 5.21. The zero-order valence-corrected chi connectivity index (χ0v) is 13.3. The molecule has 0 spiro atoms. The number of pyridine rings is 1. The van der Waals surface area contributed by atoms with E-state index in [0.29, 0.717) is 17.9 Å². The lowest BCUT2D eigenvalue weighted by Crippen LogP contribution is -2.26. The quantitative estimate of drug-likeness (QED) is 0.658. The van der Waals surface area contributed by atoms with E-state index in [1.54, 1.807) is 29.4 Å². The smallest absolute Gasteiger partial charge is 0.254 e. The van der Waals surface area contributed by atoms with E-state index >= 15 is 0 Å². The number of nitrogens with zero attached hydrogens (tertiary/aromatic N) is 2. The fourth-order valence-corrected chi connectivity index (χ4v) is 2.73. The number of thiophene rings is 1. The van der Waals surface area contributed by atoms with Crippen LogP contribution in [0.15, 0.2) is 29.6 Å². The second-order valence-corrected chi connectivity index (χ2v) is 6.24. The standard InChI is InChI=1S/C15H20N4OS/c1-10(2)13-7-11(8-14(17-13)18-16)15(20)19(3)9-12-5-4-6-21-12/h4-8,10H,9,16H2,1-3H3,(H,17,18). The summed E-state index contributed by atoms with van der Waals surface area (Å²) < 4.78 is 0. The first kappa shape index (κ1) is 15.5. The first-order valence-electron chi connectivity index (χ1n) is 6.77. The zero-order valence-electron chi connectivity index (χ0n) is 12.5. The summed E-state index contributed by atoms with van der Waals surface area (Å²) in [7, 11) is 1.80. The van der Waals surface area contributed by atoms with Crippen LogP contribution < -0.4 is 11.3 Å². The Bertz CT molecular complexity index is 610. The third-order valence-electron chi connectivity index (χ3n) is 3.15. The molecular formula is C15H20N4OS. The summed E-state index contributed by atoms with van der Waals surface area (Å²) in [6.07, 6.45) is 0. The van der Waals surface area contributed by atoms with Crippen LogP contribution in [0.2, 0.25) is 0 Å². The molecule has 0 aliphatic carbocycles. The van der Waals surface area contributed by atoms with Crippen LogP contribution in [-0.2, 0) is 6.54 Å². The van der Waals surface area contributed by atoms with E-state index < -0.39 is 0 Å². The van der Waals surface area contributed by atoms with E-state index in [0.717, 1.165) is 10.6 Å². The minimum absolute atomic E-state index is 0.0378. The van der Waals surface area contributed by atoms with E-state index in [-0.39, 0.29) is 11.8 Å². The predicted molar refractivity (Wildman–Crippen MR) is 86.3 cm³/mol. The number of nitrogens with two attached hydrogens (primary N) is 1. The summed E-state index contributed by atoms with van der Waals surface area (Å²) >= 11 is 1.64. The van der Waals surface area contributed by atoms with Crippen molar-refractivity contribution in [3.05, 3.63) is 45.8 Å². The molecule has 0 aliphatic rings. The Labute approximate surface area is 128 Å². The van der Waals surface area contributed by atoms with Gasteiger partial charge in [0.2, 0.25) is 0 Å². The molecule has 2 heterocycles. The lowest BCUT2D eigenvalue weighted by molar-refractivity contribution is 0.0786. The first-order chi connectivity index (χ1) is 10.0. The molecule has 2 aromatic heterocycles. The van der Waals surface area contributed by atoms with Gasteiger partial charge in [0, 0.05) is 23.2 Å². The van der Waals surface area contributed by atoms with Gasteiger partial charge >= 0.3 is 0 Å². The number of anilines is 1. The van der Waals surface area contributed by atoms with Gasteiger partial charge in [0.15, 0.2) is 0 Å². The van der Waals surface area contributed by atoms with Gasteiger partial charge in [-0.05, 0) is 29.5 Å². The van der Waals surface area contributed by atoms with Crippen LogP contribution in [0, 0.1) is 0 Å². The number of amides is 1. The molecule has 0 radical (unpaired) electrons. The van der Waals surface area contributed by atoms with Gasteiger partial charge in [0.05, 0.1) is 6.54 Å². The summed E-state index contributed by atoms with van der Waals surface area (Å²) in [6, 6.07) is 7.52. The molecule has 0 aliphatic heterocycles. The Hall–Kier alpha value is -1.92. The van der Waals surface area contributed by atoms with E-state index in [4.69, 9.17) is 5.84 Å². The highest BCUT2D eigenvalue weighted by Gasteiger charge is 2.16. The average Bonchev–Trinajstić information content (AvgIpc) is 2.98. The number of aromatic nitrogens is 1. The van der Waals surface area contributed by atoms with Crippen molar-refractivity contribution < 1.29 is 4.79 Å². The highest BCUT2D eigenvalue weighted by molar-refractivity contribution is 7.09. The summed E-state index contributed by atoms with van der Waals surface area (Å²) in [5, 5.41) is 2.01. The third kappa shape index (κ3) is 3.80. The Kier molecular flexibility index (Phi) is 4.93. The van der Waals surface area contributed by atoms with E-state index in [1.165, 1.54) is 0 Å². The van der Waals surface area contributed by atoms with Gasteiger partial charge in [-0.3, -0.25) is 4.79 Å². The summed E-state index contributed by atoms with van der Waals surface area (Å²) in [5.41, 5.74) is 3.97. The van der Waals surface area contributed by atoms with Crippen molar-refractivity contribution in [3.8, 4) is 0 Å². The minimum Gasteiger partial charge on any atom is -0.337 e. The second kappa shape index (κ2) is 6.69. The van der Waals surface area contributed by atoms with Crippen LogP contribution >= 0.6 is 11.3 Å². The van der Waals surface area contributed by atoms with Crippen LogP contribution in [0.5, 0.6) is 0 Å². The first-order valence-corrected chi connectivity index (χ1v) is 7.65. The number of rotatable bonds is 5. The molecule has 0 atom stereocenters. The number of carbonyl (C=O) groups is 1. The third-order valence-corrected chi connectivity index (χ3v) is 4.01. The SMILES string of the molecule is CC(C)c1cc(C(=O)N(C)Cc2cccs2)cc(NN)n1. The van der Waals surface area contributed by atoms with Crippen molar-refractivity contribution in [2.75, 3.05) is 12.5 Å². The molecule has 6 heteroatoms. The minimum atomic E-state index is -0.0378. The van der Waals surface area contributed by atoms with Crippen LogP contribution in [-0.4, -0.2) is 22.8 Å². The Morgan fingerprint density at radius 1 is 1.48 bits per heavy atom. The van der Waals surface area contributed by atoms with Crippen molar-refractivity contribution >= 4 is 23.1 Å². The Morgan fingerprint density at radius 3 is 2.81 bits per heavy atom. The number of carbonyl (C=O) groups excluding carboxylic acids is 1. The molecular weight excluding hydrogens is 284 g/mol. The molecule has 0 saturated heterocycles. The maximum atomic E-state index is 12.5. The van der Waals surface area contributed by atoms with Gasteiger partial charge in [-0.1, -0.05) is 19.9 Å². The molecule has 112 valence electrons. The van der Waals surface area contributed by atoms with Gasteiger partial charge < -0.3 is 10.3 Å². The van der Waals surface area contributed by atoms with Crippen molar-refractivity contribution in [2.24, 2.45) is 5.84 Å². The molecule has 0 bridgehead atoms. The highest BCUT2D eigenvalue weighted by atomic mass is 32.1. The zero-order chi connectivity index (χ0) is 15.4. The Morgan fingerprint density at radius 2 is 2.24 bits per heavy atom. The largest absolute Gasteiger partial charge is 0.337 e. The highest BCUT2D eigenvalue weighted by Crippen LogP contribution is 2.19. The fourth-order valence-electron chi connectivity index (χ4n) is 1.97. The van der Waals surface area contributed by atoms with E-state index in [2.05, 4.69) is 10.4 Å². The molecule has 2 aromatic rings. The maximum Gasteiger partial charge on any atom is 0.254 e. The lowest BCUT2D eigenvalue weighted by Gasteiger charge is -2.18. The maximum absolute atomic E-state index is 12.5. The number of hydrazine groups is 1. The topological polar surface area (TPSA) is 71.2 Å². The molecule has 1 amide bonds. The van der Waals surface area contributed by atoms with Crippen LogP contribution in [0.4, 0.5) is 5.82 Å². The molecule has 3 N–H and O–H groups in total. The normalized spacial score (nSPS) is 10.7. The lowest BCUT2D eigenvalue weighted by atomic mass is 10.1. The van der Waals surface area contributed by atoms with E-state index in [1.807, 2.05) is 37.4 Å². The average molecular weight is 304 g/mol. The van der Waals surface area contributed by atoms with Crippen molar-refractivity contribution in [1.82, 2.24) is 9.88 Å². The summed E-state index contributed by atoms with van der Waals surface area (Å²) in [4.78, 5) is 19.8. The van der Waals surface area contributed by atoms with Gasteiger partial charge in [-0.25, -0.2) is 10.8 Å². The van der Waals surface area contributed by atoms with Crippen LogP contribution in [0.3, 0.4) is 0 Å². The molecule has 2 rings (SSSR count). The van der Waals surface area contributed by atoms with Gasteiger partial charge in [0.25, 0.3) is 5.91 Å². The molecule has 0 fully saturated rings. The van der Waals surface area contributed by atoms with Crippen molar-refractivity contribution in [1.29, 1.82) is 0 Å². The summed E-state index contributed by atoms with van der Waals surface area (Å²) in [6.45, 7) is 4.67. The molecule has 0 aromatic carbocycles. The van der Waals surface area contributed by atoms with Crippen molar-refractivity contribution in [2.45, 2.75) is 26.3 Å². The van der Waals surface area contributed by atoms with Crippen LogP contribution in [0.1, 0.15) is 40.7 Å². The van der Waals surface area contributed by atoms with Gasteiger partial charge in [0.1, 0.15) is 5.82 Å². The monoisotopic (exact) mass is 304 g/mol. The number of hydrogen-bond acceptors (Lipinski definition) is 5. The van der Waals surface area contributed by atoms with E-state index in [9.17, 15) is 4.79 Å². The van der Waals surface area contributed by atoms with Crippen molar-refractivity contribution in [3.63, 3.8) is 0 Å². The van der Waals surface area contributed by atoms with Gasteiger partial charge in [-0.2, -0.15) is 0 Å². The summed E-state index contributed by atoms with van der Waals surface area (Å²) in [5.74, 6) is 6.14. The molecule has 5 nitrogen and oxygen atoms in total. The molecule has 0 unspecified atom stereocenters. The predicted octanol–water partition coefficient (Wildman–Crippen LogP) is 2.82. The van der Waals surface area contributed by atoms with Gasteiger partial charge in [-0.15, -0.1) is 11.3 Å². The fraction of sp³-hybridized carbons (Fsp3) is 0.333.